The molecular formula is C24H24N8O. The molecule has 9 heteroatoms. The molecule has 0 aliphatic heterocycles. The van der Waals surface area contributed by atoms with Gasteiger partial charge in [-0.25, -0.2) is 9.97 Å². The zero-order chi connectivity index (χ0) is 23.2. The van der Waals surface area contributed by atoms with Crippen LogP contribution in [0.15, 0.2) is 42.9 Å². The maximum atomic E-state index is 12.0. The van der Waals surface area contributed by atoms with Crippen molar-refractivity contribution in [2.75, 3.05) is 11.9 Å². The van der Waals surface area contributed by atoms with Crippen LogP contribution in [0.4, 0.5) is 11.6 Å². The summed E-state index contributed by atoms with van der Waals surface area (Å²) in [5, 5.41) is 27.9. The largest absolute Gasteiger partial charge is 0.339 e. The summed E-state index contributed by atoms with van der Waals surface area (Å²) >= 11 is 0. The van der Waals surface area contributed by atoms with Gasteiger partial charge in [0.1, 0.15) is 6.54 Å². The molecule has 0 bridgehead atoms. The SMILES string of the molecule is Cc1cnc(Nc2cnn(C3CCC(C#N)CC3)c2)nc1-c1ccc(C(=O)NCC#N)cc1. The smallest absolute Gasteiger partial charge is 0.252 e. The topological polar surface area (TPSA) is 132 Å². The summed E-state index contributed by atoms with van der Waals surface area (Å²) in [5.41, 5.74) is 3.82. The number of nitrogens with zero attached hydrogens (tertiary/aromatic N) is 6. The van der Waals surface area contributed by atoms with E-state index in [1.54, 1.807) is 24.5 Å². The second-order valence-corrected chi connectivity index (χ2v) is 8.11. The molecule has 0 radical (unpaired) electrons. The Bertz CT molecular complexity index is 1210. The second-order valence-electron chi connectivity index (χ2n) is 8.11. The van der Waals surface area contributed by atoms with Crippen LogP contribution in [0.2, 0.25) is 0 Å². The number of aromatic nitrogens is 4. The number of nitriles is 2. The minimum atomic E-state index is -0.289. The fourth-order valence-electron chi connectivity index (χ4n) is 4.00. The van der Waals surface area contributed by atoms with Gasteiger partial charge in [0.25, 0.3) is 5.91 Å². The first-order chi connectivity index (χ1) is 16.1. The lowest BCUT2D eigenvalue weighted by Crippen LogP contribution is -2.23. The Labute approximate surface area is 192 Å². The Hall–Kier alpha value is -4.24. The Morgan fingerprint density at radius 3 is 2.61 bits per heavy atom. The number of hydrogen-bond acceptors (Lipinski definition) is 7. The normalized spacial score (nSPS) is 17.5. The van der Waals surface area contributed by atoms with Crippen molar-refractivity contribution in [3.63, 3.8) is 0 Å². The first kappa shape index (κ1) is 22.0. The summed E-state index contributed by atoms with van der Waals surface area (Å²) in [4.78, 5) is 21.1. The van der Waals surface area contributed by atoms with Crippen LogP contribution in [-0.2, 0) is 0 Å². The Morgan fingerprint density at radius 1 is 1.15 bits per heavy atom. The maximum absolute atomic E-state index is 12.0. The van der Waals surface area contributed by atoms with E-state index in [1.165, 1.54) is 0 Å². The van der Waals surface area contributed by atoms with Gasteiger partial charge in [0.2, 0.25) is 5.95 Å². The average Bonchev–Trinajstić information content (AvgIpc) is 3.32. The van der Waals surface area contributed by atoms with Crippen LogP contribution in [0.1, 0.15) is 47.6 Å². The van der Waals surface area contributed by atoms with Gasteiger partial charge in [0, 0.05) is 29.4 Å². The molecular weight excluding hydrogens is 416 g/mol. The van der Waals surface area contributed by atoms with Crippen molar-refractivity contribution < 1.29 is 4.79 Å². The first-order valence-corrected chi connectivity index (χ1v) is 10.9. The predicted octanol–water partition coefficient (Wildman–Crippen LogP) is 3.90. The van der Waals surface area contributed by atoms with Crippen LogP contribution in [0.25, 0.3) is 11.3 Å². The van der Waals surface area contributed by atoms with Gasteiger partial charge in [-0.2, -0.15) is 15.6 Å². The number of rotatable bonds is 6. The highest BCUT2D eigenvalue weighted by Gasteiger charge is 2.22. The highest BCUT2D eigenvalue weighted by Crippen LogP contribution is 2.32. The number of benzene rings is 1. The highest BCUT2D eigenvalue weighted by atomic mass is 16.1. The summed E-state index contributed by atoms with van der Waals surface area (Å²) in [6, 6.07) is 11.6. The van der Waals surface area contributed by atoms with Crippen LogP contribution in [0.5, 0.6) is 0 Å². The van der Waals surface area contributed by atoms with Crippen molar-refractivity contribution in [2.45, 2.75) is 38.6 Å². The van der Waals surface area contributed by atoms with E-state index in [4.69, 9.17) is 10.5 Å². The van der Waals surface area contributed by atoms with E-state index < -0.39 is 0 Å². The fraction of sp³-hybridized carbons (Fsp3) is 0.333. The summed E-state index contributed by atoms with van der Waals surface area (Å²) < 4.78 is 1.96. The number of carbonyl (C=O) groups excluding carboxylic acids is 1. The zero-order valence-electron chi connectivity index (χ0n) is 18.3. The van der Waals surface area contributed by atoms with Crippen LogP contribution < -0.4 is 10.6 Å². The van der Waals surface area contributed by atoms with E-state index in [0.717, 1.165) is 48.2 Å². The highest BCUT2D eigenvalue weighted by molar-refractivity contribution is 5.94. The van der Waals surface area contributed by atoms with Crippen LogP contribution >= 0.6 is 0 Å². The number of anilines is 2. The molecule has 4 rings (SSSR count). The van der Waals surface area contributed by atoms with Crippen molar-refractivity contribution in [1.82, 2.24) is 25.1 Å². The Kier molecular flexibility index (Phi) is 6.61. The molecule has 1 aliphatic carbocycles. The third-order valence-corrected chi connectivity index (χ3v) is 5.83. The molecule has 2 aromatic heterocycles. The number of carbonyl (C=O) groups is 1. The quantitative estimate of drug-likeness (QED) is 0.555. The lowest BCUT2D eigenvalue weighted by molar-refractivity contribution is 0.0958. The van der Waals surface area contributed by atoms with E-state index in [2.05, 4.69) is 31.8 Å². The van der Waals surface area contributed by atoms with Crippen LogP contribution in [0.3, 0.4) is 0 Å². The molecule has 1 saturated carbocycles. The van der Waals surface area contributed by atoms with Gasteiger partial charge in [-0.15, -0.1) is 0 Å². The monoisotopic (exact) mass is 440 g/mol. The van der Waals surface area contributed by atoms with Gasteiger partial charge in [0.05, 0.1) is 35.8 Å². The molecule has 1 fully saturated rings. The standard InChI is InChI=1S/C24H24N8O/c1-16-13-28-24(30-20-14-29-32(15-20)21-8-2-17(12-26)3-9-21)31-22(16)18-4-6-19(7-5-18)23(33)27-11-10-25/h4-7,13-15,17,21H,2-3,8-9,11H2,1H3,(H,27,33)(H,28,30,31). The van der Waals surface area contributed by atoms with E-state index in [-0.39, 0.29) is 18.4 Å². The molecule has 0 spiro atoms. The van der Waals surface area contributed by atoms with Gasteiger partial charge in [-0.05, 0) is 50.3 Å². The molecule has 0 atom stereocenters. The Morgan fingerprint density at radius 2 is 1.91 bits per heavy atom. The minimum Gasteiger partial charge on any atom is -0.339 e. The molecule has 1 amide bonds. The first-order valence-electron chi connectivity index (χ1n) is 10.9. The fourth-order valence-corrected chi connectivity index (χ4v) is 4.00. The third kappa shape index (κ3) is 5.16. The van der Waals surface area contributed by atoms with Crippen LogP contribution in [-0.4, -0.2) is 32.2 Å². The van der Waals surface area contributed by atoms with Crippen molar-refractivity contribution in [3.8, 4) is 23.4 Å². The molecule has 3 aromatic rings. The summed E-state index contributed by atoms with van der Waals surface area (Å²) in [6.45, 7) is 1.90. The van der Waals surface area contributed by atoms with Gasteiger partial charge < -0.3 is 10.6 Å². The third-order valence-electron chi connectivity index (χ3n) is 5.83. The van der Waals surface area contributed by atoms with E-state index >= 15 is 0 Å². The van der Waals surface area contributed by atoms with Gasteiger partial charge in [-0.1, -0.05) is 12.1 Å². The van der Waals surface area contributed by atoms with Crippen molar-refractivity contribution in [1.29, 1.82) is 10.5 Å². The minimum absolute atomic E-state index is 0.0294. The average molecular weight is 441 g/mol. The van der Waals surface area contributed by atoms with E-state index in [0.29, 0.717) is 17.6 Å². The molecule has 0 unspecified atom stereocenters. The molecule has 1 aromatic carbocycles. The Balaban J connectivity index is 1.46. The summed E-state index contributed by atoms with van der Waals surface area (Å²) in [7, 11) is 0. The lowest BCUT2D eigenvalue weighted by Gasteiger charge is -2.24. The van der Waals surface area contributed by atoms with Crippen molar-refractivity contribution >= 4 is 17.5 Å². The van der Waals surface area contributed by atoms with E-state index in [9.17, 15) is 4.79 Å². The van der Waals surface area contributed by atoms with Gasteiger partial charge in [-0.3, -0.25) is 9.48 Å². The van der Waals surface area contributed by atoms with Crippen molar-refractivity contribution in [2.24, 2.45) is 5.92 Å². The number of amides is 1. The molecule has 2 heterocycles. The van der Waals surface area contributed by atoms with Crippen molar-refractivity contribution in [3.05, 3.63) is 54.0 Å². The summed E-state index contributed by atoms with van der Waals surface area (Å²) in [5.74, 6) is 0.331. The molecule has 166 valence electrons. The second kappa shape index (κ2) is 9.92. The van der Waals surface area contributed by atoms with Crippen LogP contribution in [0, 0.1) is 35.5 Å². The lowest BCUT2D eigenvalue weighted by atomic mass is 9.87. The molecule has 1 aliphatic rings. The number of nitrogens with one attached hydrogen (secondary N) is 2. The number of hydrogen-bond donors (Lipinski definition) is 2. The summed E-state index contributed by atoms with van der Waals surface area (Å²) in [6.07, 6.45) is 9.19. The van der Waals surface area contributed by atoms with Gasteiger partial charge in [0.15, 0.2) is 0 Å². The van der Waals surface area contributed by atoms with E-state index in [1.807, 2.05) is 36.0 Å². The molecule has 9 nitrogen and oxygen atoms in total. The molecule has 0 saturated heterocycles. The number of aryl methyl sites for hydroxylation is 1. The molecule has 33 heavy (non-hydrogen) atoms. The predicted molar refractivity (Wildman–Crippen MR) is 122 cm³/mol. The molecule has 2 N–H and O–H groups in total. The maximum Gasteiger partial charge on any atom is 0.252 e. The zero-order valence-corrected chi connectivity index (χ0v) is 18.3. The van der Waals surface area contributed by atoms with Gasteiger partial charge >= 0.3 is 0 Å².